The van der Waals surface area contributed by atoms with Crippen molar-refractivity contribution in [3.05, 3.63) is 70.9 Å². The van der Waals surface area contributed by atoms with E-state index in [-0.39, 0.29) is 6.04 Å². The van der Waals surface area contributed by atoms with Crippen molar-refractivity contribution in [2.24, 2.45) is 5.73 Å². The van der Waals surface area contributed by atoms with Gasteiger partial charge in [0.15, 0.2) is 0 Å². The highest BCUT2D eigenvalue weighted by Crippen LogP contribution is 2.33. The van der Waals surface area contributed by atoms with Crippen LogP contribution in [0.1, 0.15) is 17.2 Å². The molecule has 2 N–H and O–H groups in total. The van der Waals surface area contributed by atoms with Crippen LogP contribution in [-0.4, -0.2) is 12.1 Å². The molecule has 3 aromatic rings. The highest BCUT2D eigenvalue weighted by atomic mass is 35.5. The van der Waals surface area contributed by atoms with E-state index in [1.54, 1.807) is 19.4 Å². The summed E-state index contributed by atoms with van der Waals surface area (Å²) in [6, 6.07) is 15.0. The molecular weight excluding hydrogens is 284 g/mol. The van der Waals surface area contributed by atoms with Gasteiger partial charge in [-0.15, -0.1) is 0 Å². The van der Waals surface area contributed by atoms with E-state index in [1.165, 1.54) is 0 Å². The molecule has 21 heavy (non-hydrogen) atoms. The minimum Gasteiger partial charge on any atom is -0.496 e. The van der Waals surface area contributed by atoms with Crippen LogP contribution in [0.15, 0.2) is 54.7 Å². The molecule has 1 unspecified atom stereocenters. The fourth-order valence-electron chi connectivity index (χ4n) is 2.50. The second-order valence-electron chi connectivity index (χ2n) is 4.78. The lowest BCUT2D eigenvalue weighted by molar-refractivity contribution is 0.408. The number of hydrogen-bond donors (Lipinski definition) is 1. The Balaban J connectivity index is 2.17. The number of methoxy groups -OCH3 is 1. The molecular formula is C17H15ClN2O. The maximum absolute atomic E-state index is 6.46. The van der Waals surface area contributed by atoms with Gasteiger partial charge in [-0.25, -0.2) is 0 Å². The van der Waals surface area contributed by atoms with E-state index in [0.29, 0.717) is 5.02 Å². The number of rotatable bonds is 3. The van der Waals surface area contributed by atoms with Gasteiger partial charge in [-0.2, -0.15) is 0 Å². The molecule has 1 aromatic heterocycles. The Morgan fingerprint density at radius 1 is 1.10 bits per heavy atom. The molecule has 3 rings (SSSR count). The standard InChI is InChI=1S/C17H15ClN2O/c1-21-16-7-6-11(18)10-14(16)17(19)13-8-9-20-15-5-3-2-4-12(13)15/h2-10,17H,19H2,1H3. The zero-order chi connectivity index (χ0) is 14.8. The molecule has 0 amide bonds. The molecule has 0 saturated heterocycles. The zero-order valence-corrected chi connectivity index (χ0v) is 12.3. The molecule has 4 heteroatoms. The van der Waals surface area contributed by atoms with Crippen molar-refractivity contribution in [2.45, 2.75) is 6.04 Å². The van der Waals surface area contributed by atoms with Gasteiger partial charge in [0.25, 0.3) is 0 Å². The molecule has 3 nitrogen and oxygen atoms in total. The summed E-state index contributed by atoms with van der Waals surface area (Å²) in [6.45, 7) is 0. The fourth-order valence-corrected chi connectivity index (χ4v) is 2.69. The Bertz CT molecular complexity index is 783. The third kappa shape index (κ3) is 2.58. The first-order chi connectivity index (χ1) is 10.2. The van der Waals surface area contributed by atoms with Crippen LogP contribution in [0.3, 0.4) is 0 Å². The summed E-state index contributed by atoms with van der Waals surface area (Å²) >= 11 is 6.10. The van der Waals surface area contributed by atoms with Gasteiger partial charge in [-0.1, -0.05) is 29.8 Å². The predicted octanol–water partition coefficient (Wildman–Crippen LogP) is 3.94. The van der Waals surface area contributed by atoms with E-state index in [2.05, 4.69) is 4.98 Å². The van der Waals surface area contributed by atoms with Crippen LogP contribution >= 0.6 is 11.6 Å². The fraction of sp³-hybridized carbons (Fsp3) is 0.118. The largest absolute Gasteiger partial charge is 0.496 e. The first-order valence-corrected chi connectivity index (χ1v) is 7.01. The summed E-state index contributed by atoms with van der Waals surface area (Å²) in [5.74, 6) is 0.729. The van der Waals surface area contributed by atoms with Gasteiger partial charge in [-0.05, 0) is 35.9 Å². The van der Waals surface area contributed by atoms with Gasteiger partial charge in [0.2, 0.25) is 0 Å². The van der Waals surface area contributed by atoms with Gasteiger partial charge in [0.05, 0.1) is 18.7 Å². The van der Waals surface area contributed by atoms with Gasteiger partial charge < -0.3 is 10.5 Å². The summed E-state index contributed by atoms with van der Waals surface area (Å²) in [7, 11) is 1.63. The third-order valence-corrected chi connectivity index (χ3v) is 3.78. The van der Waals surface area contributed by atoms with E-state index in [9.17, 15) is 0 Å². The number of pyridine rings is 1. The Kier molecular flexibility index (Phi) is 3.78. The molecule has 0 radical (unpaired) electrons. The smallest absolute Gasteiger partial charge is 0.124 e. The molecule has 0 aliphatic heterocycles. The SMILES string of the molecule is COc1ccc(Cl)cc1C(N)c1ccnc2ccccc12. The highest BCUT2D eigenvalue weighted by molar-refractivity contribution is 6.30. The van der Waals surface area contributed by atoms with Crippen molar-refractivity contribution in [1.29, 1.82) is 0 Å². The zero-order valence-electron chi connectivity index (χ0n) is 11.6. The predicted molar refractivity (Wildman–Crippen MR) is 85.8 cm³/mol. The normalized spacial score (nSPS) is 12.3. The Morgan fingerprint density at radius 2 is 1.90 bits per heavy atom. The maximum Gasteiger partial charge on any atom is 0.124 e. The van der Waals surface area contributed by atoms with Crippen molar-refractivity contribution >= 4 is 22.5 Å². The molecule has 1 heterocycles. The quantitative estimate of drug-likeness (QED) is 0.796. The van der Waals surface area contributed by atoms with Crippen molar-refractivity contribution in [1.82, 2.24) is 4.98 Å². The topological polar surface area (TPSA) is 48.1 Å². The highest BCUT2D eigenvalue weighted by Gasteiger charge is 2.17. The lowest BCUT2D eigenvalue weighted by Crippen LogP contribution is -2.13. The van der Waals surface area contributed by atoms with Crippen LogP contribution < -0.4 is 10.5 Å². The van der Waals surface area contributed by atoms with Gasteiger partial charge in [0, 0.05) is 22.2 Å². The number of nitrogens with zero attached hydrogens (tertiary/aromatic N) is 1. The first-order valence-electron chi connectivity index (χ1n) is 6.63. The second kappa shape index (κ2) is 5.72. The number of ether oxygens (including phenoxy) is 1. The van der Waals surface area contributed by atoms with Crippen molar-refractivity contribution in [2.75, 3.05) is 7.11 Å². The molecule has 0 aliphatic rings. The summed E-state index contributed by atoms with van der Waals surface area (Å²) in [5, 5.41) is 1.68. The molecule has 106 valence electrons. The molecule has 0 spiro atoms. The lowest BCUT2D eigenvalue weighted by atomic mass is 9.96. The molecule has 1 atom stereocenters. The van der Waals surface area contributed by atoms with Crippen LogP contribution in [0, 0.1) is 0 Å². The lowest BCUT2D eigenvalue weighted by Gasteiger charge is -2.18. The summed E-state index contributed by atoms with van der Waals surface area (Å²) in [5.41, 5.74) is 9.25. The number of aromatic nitrogens is 1. The molecule has 2 aromatic carbocycles. The Labute approximate surface area is 128 Å². The molecule has 0 fully saturated rings. The van der Waals surface area contributed by atoms with Gasteiger partial charge >= 0.3 is 0 Å². The summed E-state index contributed by atoms with van der Waals surface area (Å²) in [6.07, 6.45) is 1.77. The molecule has 0 saturated carbocycles. The van der Waals surface area contributed by atoms with E-state index in [1.807, 2.05) is 42.5 Å². The van der Waals surface area contributed by atoms with E-state index in [0.717, 1.165) is 27.8 Å². The van der Waals surface area contributed by atoms with Crippen LogP contribution in [0.25, 0.3) is 10.9 Å². The number of para-hydroxylation sites is 1. The number of halogens is 1. The van der Waals surface area contributed by atoms with Gasteiger partial charge in [-0.3, -0.25) is 4.98 Å². The Hall–Kier alpha value is -2.10. The van der Waals surface area contributed by atoms with Crippen LogP contribution in [0.4, 0.5) is 0 Å². The van der Waals surface area contributed by atoms with E-state index < -0.39 is 0 Å². The number of benzene rings is 2. The third-order valence-electron chi connectivity index (χ3n) is 3.54. The minimum absolute atomic E-state index is 0.327. The van der Waals surface area contributed by atoms with Crippen molar-refractivity contribution < 1.29 is 4.74 Å². The van der Waals surface area contributed by atoms with Crippen LogP contribution in [0.2, 0.25) is 5.02 Å². The average molecular weight is 299 g/mol. The van der Waals surface area contributed by atoms with Crippen LogP contribution in [0.5, 0.6) is 5.75 Å². The van der Waals surface area contributed by atoms with Crippen LogP contribution in [-0.2, 0) is 0 Å². The van der Waals surface area contributed by atoms with Gasteiger partial charge in [0.1, 0.15) is 5.75 Å². The second-order valence-corrected chi connectivity index (χ2v) is 5.22. The monoisotopic (exact) mass is 298 g/mol. The molecule has 0 bridgehead atoms. The van der Waals surface area contributed by atoms with E-state index >= 15 is 0 Å². The minimum atomic E-state index is -0.327. The van der Waals surface area contributed by atoms with Crippen molar-refractivity contribution in [3.8, 4) is 5.75 Å². The molecule has 0 aliphatic carbocycles. The summed E-state index contributed by atoms with van der Waals surface area (Å²) < 4.78 is 5.40. The summed E-state index contributed by atoms with van der Waals surface area (Å²) in [4.78, 5) is 4.37. The maximum atomic E-state index is 6.46. The Morgan fingerprint density at radius 3 is 2.71 bits per heavy atom. The van der Waals surface area contributed by atoms with E-state index in [4.69, 9.17) is 22.1 Å². The van der Waals surface area contributed by atoms with Crippen molar-refractivity contribution in [3.63, 3.8) is 0 Å². The number of fused-ring (bicyclic) bond motifs is 1. The first kappa shape index (κ1) is 13.9. The number of nitrogens with two attached hydrogens (primary N) is 1. The average Bonchev–Trinajstić information content (AvgIpc) is 2.53. The number of hydrogen-bond acceptors (Lipinski definition) is 3.